The van der Waals surface area contributed by atoms with Gasteiger partial charge in [-0.05, 0) is 17.9 Å². The maximum Gasteiger partial charge on any atom is 0.165 e. The van der Waals surface area contributed by atoms with E-state index in [4.69, 9.17) is 0 Å². The molecule has 0 radical (unpaired) electrons. The van der Waals surface area contributed by atoms with E-state index in [0.29, 0.717) is 11.6 Å². The van der Waals surface area contributed by atoms with Crippen LogP contribution in [0, 0.1) is 17.2 Å². The SMILES string of the molecule is Cn1cc([C@@H]2C[C@@H]2C(=O)[C@@H](C#N)c2nnc(-c3ccccc3)n2C)cn1. The Bertz CT molecular complexity index is 997. The predicted octanol–water partition coefficient (Wildman–Crippen LogP) is 2.20. The molecule has 1 saturated carbocycles. The second-order valence-electron chi connectivity index (χ2n) is 6.67. The van der Waals surface area contributed by atoms with Gasteiger partial charge in [0.15, 0.2) is 23.3 Å². The second kappa shape index (κ2) is 6.23. The summed E-state index contributed by atoms with van der Waals surface area (Å²) in [5, 5.41) is 22.1. The number of aryl methyl sites for hydroxylation is 1. The van der Waals surface area contributed by atoms with Crippen molar-refractivity contribution in [3.63, 3.8) is 0 Å². The lowest BCUT2D eigenvalue weighted by atomic mass is 9.99. The van der Waals surface area contributed by atoms with Crippen molar-refractivity contribution in [2.75, 3.05) is 0 Å². The number of hydrogen-bond acceptors (Lipinski definition) is 5. The van der Waals surface area contributed by atoms with Gasteiger partial charge >= 0.3 is 0 Å². The number of aromatic nitrogens is 5. The quantitative estimate of drug-likeness (QED) is 0.706. The van der Waals surface area contributed by atoms with Crippen molar-refractivity contribution >= 4 is 5.78 Å². The minimum Gasteiger partial charge on any atom is -0.313 e. The first kappa shape index (κ1) is 16.2. The minimum atomic E-state index is -0.906. The summed E-state index contributed by atoms with van der Waals surface area (Å²) in [6.45, 7) is 0. The fourth-order valence-corrected chi connectivity index (χ4v) is 3.40. The average Bonchev–Trinajstić information content (AvgIpc) is 3.21. The maximum absolute atomic E-state index is 12.9. The van der Waals surface area contributed by atoms with E-state index in [-0.39, 0.29) is 17.6 Å². The van der Waals surface area contributed by atoms with Gasteiger partial charge in [-0.3, -0.25) is 9.48 Å². The lowest BCUT2D eigenvalue weighted by molar-refractivity contribution is -0.120. The largest absolute Gasteiger partial charge is 0.313 e. The lowest BCUT2D eigenvalue weighted by Crippen LogP contribution is -2.17. The average molecular weight is 346 g/mol. The van der Waals surface area contributed by atoms with Crippen LogP contribution < -0.4 is 0 Å². The Morgan fingerprint density at radius 3 is 2.69 bits per heavy atom. The molecule has 7 nitrogen and oxygen atoms in total. The number of Topliss-reactive ketones (excluding diaryl/α,β-unsaturated/α-hetero) is 1. The van der Waals surface area contributed by atoms with Crippen molar-refractivity contribution < 1.29 is 4.79 Å². The standard InChI is InChI=1S/C19H18N6O/c1-24-11-13(10-21-24)14-8-15(14)17(26)16(9-20)19-23-22-18(25(19)2)12-6-4-3-5-7-12/h3-7,10-11,14-16H,8H2,1-2H3/t14-,15-,16+/m0/s1. The monoisotopic (exact) mass is 346 g/mol. The first-order chi connectivity index (χ1) is 12.6. The summed E-state index contributed by atoms with van der Waals surface area (Å²) < 4.78 is 3.47. The highest BCUT2D eigenvalue weighted by molar-refractivity contribution is 5.92. The molecule has 1 aliphatic carbocycles. The van der Waals surface area contributed by atoms with Crippen LogP contribution in [0.1, 0.15) is 29.6 Å². The summed E-state index contributed by atoms with van der Waals surface area (Å²) in [5.74, 6) is 0.0455. The molecule has 3 aromatic rings. The molecule has 2 heterocycles. The third-order valence-electron chi connectivity index (χ3n) is 4.92. The predicted molar refractivity (Wildman–Crippen MR) is 93.9 cm³/mol. The Morgan fingerprint density at radius 1 is 1.27 bits per heavy atom. The van der Waals surface area contributed by atoms with Gasteiger partial charge in [0.25, 0.3) is 0 Å². The Hall–Kier alpha value is -3.27. The fourth-order valence-electron chi connectivity index (χ4n) is 3.40. The molecule has 0 amide bonds. The molecule has 2 aromatic heterocycles. The van der Waals surface area contributed by atoms with Crippen LogP contribution in [0.4, 0.5) is 0 Å². The fraction of sp³-hybridized carbons (Fsp3) is 0.316. The smallest absolute Gasteiger partial charge is 0.165 e. The minimum absolute atomic E-state index is 0.0866. The van der Waals surface area contributed by atoms with Gasteiger partial charge in [0.1, 0.15) is 0 Å². The van der Waals surface area contributed by atoms with Gasteiger partial charge in [-0.2, -0.15) is 10.4 Å². The number of nitrogens with zero attached hydrogens (tertiary/aromatic N) is 6. The molecule has 130 valence electrons. The van der Waals surface area contributed by atoms with Crippen LogP contribution in [0.25, 0.3) is 11.4 Å². The van der Waals surface area contributed by atoms with E-state index in [9.17, 15) is 10.1 Å². The molecular weight excluding hydrogens is 328 g/mol. The Morgan fingerprint density at radius 2 is 2.04 bits per heavy atom. The molecule has 0 bridgehead atoms. The first-order valence-electron chi connectivity index (χ1n) is 8.46. The summed E-state index contributed by atoms with van der Waals surface area (Å²) in [6, 6.07) is 11.7. The molecule has 0 saturated heterocycles. The van der Waals surface area contributed by atoms with Crippen molar-refractivity contribution in [2.45, 2.75) is 18.3 Å². The van der Waals surface area contributed by atoms with Gasteiger partial charge in [-0.15, -0.1) is 10.2 Å². The summed E-state index contributed by atoms with van der Waals surface area (Å²) in [4.78, 5) is 12.9. The van der Waals surface area contributed by atoms with E-state index in [1.807, 2.05) is 43.6 Å². The van der Waals surface area contributed by atoms with Gasteiger partial charge in [0.2, 0.25) is 0 Å². The molecule has 4 rings (SSSR count). The number of ketones is 1. The van der Waals surface area contributed by atoms with Crippen molar-refractivity contribution in [3.05, 3.63) is 54.1 Å². The third-order valence-corrected chi connectivity index (χ3v) is 4.92. The molecule has 0 unspecified atom stereocenters. The maximum atomic E-state index is 12.9. The van der Waals surface area contributed by atoms with E-state index in [1.165, 1.54) is 0 Å². The highest BCUT2D eigenvalue weighted by atomic mass is 16.1. The summed E-state index contributed by atoms with van der Waals surface area (Å²) in [6.07, 6.45) is 4.47. The van der Waals surface area contributed by atoms with Crippen LogP contribution in [-0.4, -0.2) is 30.3 Å². The second-order valence-corrected chi connectivity index (χ2v) is 6.67. The molecule has 0 N–H and O–H groups in total. The number of hydrogen-bond donors (Lipinski definition) is 0. The summed E-state index contributed by atoms with van der Waals surface area (Å²) in [5.41, 5.74) is 1.95. The van der Waals surface area contributed by atoms with E-state index >= 15 is 0 Å². The molecule has 3 atom stereocenters. The number of benzene rings is 1. The Kier molecular flexibility index (Phi) is 3.88. The zero-order valence-electron chi connectivity index (χ0n) is 14.6. The zero-order valence-corrected chi connectivity index (χ0v) is 14.6. The van der Waals surface area contributed by atoms with Crippen LogP contribution >= 0.6 is 0 Å². The van der Waals surface area contributed by atoms with Crippen LogP contribution in [0.15, 0.2) is 42.7 Å². The van der Waals surface area contributed by atoms with Gasteiger partial charge < -0.3 is 4.57 Å². The molecule has 1 aromatic carbocycles. The van der Waals surface area contributed by atoms with Crippen LogP contribution in [-0.2, 0) is 18.9 Å². The van der Waals surface area contributed by atoms with Crippen LogP contribution in [0.2, 0.25) is 0 Å². The summed E-state index contributed by atoms with van der Waals surface area (Å²) in [7, 11) is 3.65. The molecular formula is C19H18N6O. The van der Waals surface area contributed by atoms with Crippen molar-refractivity contribution in [1.29, 1.82) is 5.26 Å². The summed E-state index contributed by atoms with van der Waals surface area (Å²) >= 11 is 0. The van der Waals surface area contributed by atoms with Crippen molar-refractivity contribution in [1.82, 2.24) is 24.5 Å². The molecule has 1 aliphatic rings. The Balaban J connectivity index is 1.58. The number of carbonyl (C=O) groups is 1. The van der Waals surface area contributed by atoms with Gasteiger partial charge in [-0.1, -0.05) is 30.3 Å². The number of rotatable bonds is 5. The van der Waals surface area contributed by atoms with Crippen molar-refractivity contribution in [3.8, 4) is 17.5 Å². The highest BCUT2D eigenvalue weighted by Crippen LogP contribution is 2.49. The first-order valence-corrected chi connectivity index (χ1v) is 8.46. The van der Waals surface area contributed by atoms with Crippen molar-refractivity contribution in [2.24, 2.45) is 20.0 Å². The molecule has 26 heavy (non-hydrogen) atoms. The van der Waals surface area contributed by atoms with Gasteiger partial charge in [-0.25, -0.2) is 0 Å². The van der Waals surface area contributed by atoms with E-state index in [2.05, 4.69) is 21.4 Å². The van der Waals surface area contributed by atoms with E-state index in [1.54, 1.807) is 22.5 Å². The van der Waals surface area contributed by atoms with Crippen LogP contribution in [0.5, 0.6) is 0 Å². The Labute approximate surface area is 150 Å². The molecule has 0 aliphatic heterocycles. The van der Waals surface area contributed by atoms with Gasteiger partial charge in [0.05, 0.1) is 12.3 Å². The molecule has 0 spiro atoms. The normalized spacial score (nSPS) is 19.7. The molecule has 7 heteroatoms. The van der Waals surface area contributed by atoms with Gasteiger partial charge in [0, 0.05) is 31.8 Å². The van der Waals surface area contributed by atoms with E-state index in [0.717, 1.165) is 17.5 Å². The zero-order chi connectivity index (χ0) is 18.3. The number of nitriles is 1. The van der Waals surface area contributed by atoms with Crippen LogP contribution in [0.3, 0.4) is 0 Å². The topological polar surface area (TPSA) is 89.4 Å². The highest BCUT2D eigenvalue weighted by Gasteiger charge is 2.48. The lowest BCUT2D eigenvalue weighted by Gasteiger charge is -2.08. The van der Waals surface area contributed by atoms with E-state index < -0.39 is 5.92 Å². The third kappa shape index (κ3) is 2.69. The molecule has 1 fully saturated rings. The number of carbonyl (C=O) groups excluding carboxylic acids is 1.